The van der Waals surface area contributed by atoms with Gasteiger partial charge < -0.3 is 4.55 Å². The van der Waals surface area contributed by atoms with Gasteiger partial charge in [-0.3, -0.25) is 9.45 Å². The molecule has 2 atom stereocenters. The minimum Gasteiger partial charge on any atom is -0.609 e. The molecule has 17 heavy (non-hydrogen) atoms. The molecule has 0 bridgehead atoms. The van der Waals surface area contributed by atoms with Gasteiger partial charge in [-0.05, 0) is 46.9 Å². The SMILES string of the molecule is O=S(=O)(O)C1N(c2ccc(I)cc2)C=C[S+]1[O-]. The van der Waals surface area contributed by atoms with Gasteiger partial charge in [-0.1, -0.05) is 0 Å². The molecule has 1 N–H and O–H groups in total. The third-order valence-corrected chi connectivity index (χ3v) is 5.93. The number of halogens is 1. The van der Waals surface area contributed by atoms with Crippen molar-refractivity contribution in [1.29, 1.82) is 0 Å². The summed E-state index contributed by atoms with van der Waals surface area (Å²) >= 11 is 0.361. The van der Waals surface area contributed by atoms with Gasteiger partial charge in [0, 0.05) is 20.4 Å². The maximum Gasteiger partial charge on any atom is 0.336 e. The Morgan fingerprint density at radius 1 is 1.35 bits per heavy atom. The standard InChI is InChI=1S/C9H8INO4S2/c10-7-1-3-8(4-2-7)11-5-6-16(12)9(11)17(13,14)15/h1-6,9H,(H,13,14,15). The Morgan fingerprint density at radius 2 is 1.94 bits per heavy atom. The van der Waals surface area contributed by atoms with Gasteiger partial charge in [0.1, 0.15) is 5.41 Å². The van der Waals surface area contributed by atoms with Crippen molar-refractivity contribution in [1.82, 2.24) is 0 Å². The van der Waals surface area contributed by atoms with Crippen molar-refractivity contribution in [2.24, 2.45) is 0 Å². The van der Waals surface area contributed by atoms with Crippen LogP contribution in [0.2, 0.25) is 0 Å². The minimum absolute atomic E-state index is 0.565. The van der Waals surface area contributed by atoms with Crippen molar-refractivity contribution in [2.45, 2.75) is 4.71 Å². The second-order valence-corrected chi connectivity index (χ2v) is 7.72. The Balaban J connectivity index is 2.38. The molecule has 0 fully saturated rings. The van der Waals surface area contributed by atoms with E-state index < -0.39 is 26.0 Å². The normalized spacial score (nSPS) is 24.3. The molecule has 92 valence electrons. The molecule has 0 amide bonds. The molecular weight excluding hydrogens is 377 g/mol. The van der Waals surface area contributed by atoms with E-state index in [1.165, 1.54) is 16.5 Å². The van der Waals surface area contributed by atoms with Gasteiger partial charge in [-0.25, -0.2) is 0 Å². The number of hydrogen-bond donors (Lipinski definition) is 1. The monoisotopic (exact) mass is 385 g/mol. The molecule has 1 aliphatic rings. The summed E-state index contributed by atoms with van der Waals surface area (Å²) < 4.78 is 42.5. The fourth-order valence-corrected chi connectivity index (χ4v) is 4.25. The molecule has 8 heteroatoms. The molecule has 1 aliphatic heterocycles. The van der Waals surface area contributed by atoms with Crippen molar-refractivity contribution >= 4 is 49.6 Å². The first-order chi connectivity index (χ1) is 7.89. The molecule has 0 spiro atoms. The Morgan fingerprint density at radius 3 is 2.47 bits per heavy atom. The Kier molecular flexibility index (Phi) is 3.69. The molecule has 0 aliphatic carbocycles. The lowest BCUT2D eigenvalue weighted by atomic mass is 10.3. The van der Waals surface area contributed by atoms with E-state index in [-0.39, 0.29) is 0 Å². The van der Waals surface area contributed by atoms with Crippen molar-refractivity contribution in [3.05, 3.63) is 39.4 Å². The lowest BCUT2D eigenvalue weighted by molar-refractivity contribution is 0.477. The average Bonchev–Trinajstić information content (AvgIpc) is 2.61. The van der Waals surface area contributed by atoms with E-state index >= 15 is 0 Å². The summed E-state index contributed by atoms with van der Waals surface area (Å²) in [5.41, 5.74) is 0.565. The second-order valence-electron chi connectivity index (χ2n) is 3.32. The maximum atomic E-state index is 11.5. The summed E-state index contributed by atoms with van der Waals surface area (Å²) in [6, 6.07) is 7.00. The van der Waals surface area contributed by atoms with Crippen LogP contribution in [0.4, 0.5) is 5.69 Å². The Bertz CT molecular complexity index is 543. The predicted octanol–water partition coefficient (Wildman–Crippen LogP) is 1.50. The number of hydrogen-bond acceptors (Lipinski definition) is 4. The van der Waals surface area contributed by atoms with Crippen molar-refractivity contribution < 1.29 is 17.5 Å². The third kappa shape index (κ3) is 2.76. The van der Waals surface area contributed by atoms with E-state index in [9.17, 15) is 13.0 Å². The zero-order valence-corrected chi connectivity index (χ0v) is 12.1. The first kappa shape index (κ1) is 13.1. The van der Waals surface area contributed by atoms with Crippen LogP contribution in [0.1, 0.15) is 0 Å². The summed E-state index contributed by atoms with van der Waals surface area (Å²) in [7, 11) is -4.40. The minimum atomic E-state index is -4.40. The van der Waals surface area contributed by atoms with Crippen molar-refractivity contribution in [3.8, 4) is 0 Å². The molecule has 2 rings (SSSR count). The number of anilines is 1. The van der Waals surface area contributed by atoms with Crippen LogP contribution in [-0.4, -0.2) is 22.2 Å². The van der Waals surface area contributed by atoms with Crippen molar-refractivity contribution in [3.63, 3.8) is 0 Å². The number of nitrogens with zero attached hydrogens (tertiary/aromatic N) is 1. The average molecular weight is 385 g/mol. The van der Waals surface area contributed by atoms with Crippen LogP contribution in [0.5, 0.6) is 0 Å². The predicted molar refractivity (Wildman–Crippen MR) is 74.3 cm³/mol. The van der Waals surface area contributed by atoms with E-state index in [1.807, 2.05) is 0 Å². The van der Waals surface area contributed by atoms with Gasteiger partial charge in [0.25, 0.3) is 0 Å². The second kappa shape index (κ2) is 4.76. The zero-order chi connectivity index (χ0) is 12.6. The van der Waals surface area contributed by atoms with Crippen LogP contribution in [0.15, 0.2) is 35.9 Å². The molecule has 5 nitrogen and oxygen atoms in total. The van der Waals surface area contributed by atoms with Crippen LogP contribution >= 0.6 is 22.6 Å². The van der Waals surface area contributed by atoms with Crippen LogP contribution in [0, 0.1) is 3.57 Å². The first-order valence-electron chi connectivity index (χ1n) is 4.47. The summed E-state index contributed by atoms with van der Waals surface area (Å²) in [6.07, 6.45) is 1.40. The largest absolute Gasteiger partial charge is 0.609 e. The van der Waals surface area contributed by atoms with E-state index in [0.717, 1.165) is 3.57 Å². The van der Waals surface area contributed by atoms with Crippen LogP contribution < -0.4 is 4.90 Å². The van der Waals surface area contributed by atoms with E-state index in [2.05, 4.69) is 22.6 Å². The highest BCUT2D eigenvalue weighted by molar-refractivity contribution is 14.1. The first-order valence-corrected chi connectivity index (χ1v) is 8.33. The van der Waals surface area contributed by atoms with Gasteiger partial charge in [0.15, 0.2) is 0 Å². The van der Waals surface area contributed by atoms with Gasteiger partial charge in [-0.15, -0.1) is 0 Å². The lowest BCUT2D eigenvalue weighted by Gasteiger charge is -2.21. The summed E-state index contributed by atoms with van der Waals surface area (Å²) in [4.78, 5) is 1.28. The van der Waals surface area contributed by atoms with Gasteiger partial charge >= 0.3 is 14.8 Å². The van der Waals surface area contributed by atoms with E-state index in [4.69, 9.17) is 4.55 Å². The Labute approximate surface area is 116 Å². The molecule has 1 aromatic carbocycles. The molecule has 2 unspecified atom stereocenters. The quantitative estimate of drug-likeness (QED) is 0.474. The summed E-state index contributed by atoms with van der Waals surface area (Å²) in [5, 5.41) is 1.25. The van der Waals surface area contributed by atoms with Crippen LogP contribution in [0.25, 0.3) is 0 Å². The summed E-state index contributed by atoms with van der Waals surface area (Å²) in [6.45, 7) is 0. The molecule has 0 radical (unpaired) electrons. The van der Waals surface area contributed by atoms with Crippen LogP contribution in [-0.2, 0) is 21.3 Å². The molecule has 1 aromatic rings. The van der Waals surface area contributed by atoms with Gasteiger partial charge in [0.05, 0.1) is 6.20 Å². The van der Waals surface area contributed by atoms with Gasteiger partial charge in [-0.2, -0.15) is 8.42 Å². The topological polar surface area (TPSA) is 80.7 Å². The third-order valence-electron chi connectivity index (χ3n) is 2.16. The molecule has 1 heterocycles. The molecule has 0 saturated carbocycles. The highest BCUT2D eigenvalue weighted by Gasteiger charge is 2.43. The fourth-order valence-electron chi connectivity index (χ4n) is 1.46. The fraction of sp³-hybridized carbons (Fsp3) is 0.111. The highest BCUT2D eigenvalue weighted by atomic mass is 127. The molecular formula is C9H8INO4S2. The van der Waals surface area contributed by atoms with Crippen LogP contribution in [0.3, 0.4) is 0 Å². The maximum absolute atomic E-state index is 11.5. The smallest absolute Gasteiger partial charge is 0.336 e. The zero-order valence-electron chi connectivity index (χ0n) is 8.36. The number of benzene rings is 1. The molecule has 0 aromatic heterocycles. The Hall–Kier alpha value is -0.290. The molecule has 0 saturated heterocycles. The van der Waals surface area contributed by atoms with E-state index in [0.29, 0.717) is 5.69 Å². The van der Waals surface area contributed by atoms with Crippen molar-refractivity contribution in [2.75, 3.05) is 4.90 Å². The lowest BCUT2D eigenvalue weighted by Crippen LogP contribution is -2.39. The summed E-state index contributed by atoms with van der Waals surface area (Å²) in [5.74, 6) is 0. The number of rotatable bonds is 2. The highest BCUT2D eigenvalue weighted by Crippen LogP contribution is 2.29. The van der Waals surface area contributed by atoms with E-state index in [1.54, 1.807) is 24.3 Å². The van der Waals surface area contributed by atoms with Gasteiger partial charge in [0.2, 0.25) is 0 Å².